The molecule has 3 N–H and O–H groups in total. The third-order valence-electron chi connectivity index (χ3n) is 3.70. The molecule has 25 heavy (non-hydrogen) atoms. The van der Waals surface area contributed by atoms with Crippen LogP contribution < -0.4 is 15.8 Å². The van der Waals surface area contributed by atoms with Crippen LogP contribution in [0.2, 0.25) is 0 Å². The Bertz CT molecular complexity index is 905. The second kappa shape index (κ2) is 7.36. The molecule has 3 aromatic rings. The summed E-state index contributed by atoms with van der Waals surface area (Å²) in [6.07, 6.45) is 0. The van der Waals surface area contributed by atoms with E-state index in [0.29, 0.717) is 10.9 Å². The number of nitrogen functional groups attached to an aromatic ring is 1. The molecule has 6 heteroatoms. The van der Waals surface area contributed by atoms with Gasteiger partial charge in [0.1, 0.15) is 5.75 Å². The molecule has 0 aliphatic heterocycles. The topological polar surface area (TPSA) is 77.2 Å². The number of ether oxygens (including phenoxy) is 1. The number of carbonyl (C=O) groups excluding carboxylic acids is 1. The highest BCUT2D eigenvalue weighted by Crippen LogP contribution is 2.31. The summed E-state index contributed by atoms with van der Waals surface area (Å²) in [5.41, 5.74) is 10.2. The summed E-state index contributed by atoms with van der Waals surface area (Å²) >= 11 is 1.37. The fraction of sp³-hybridized carbons (Fsp3) is 0.158. The van der Waals surface area contributed by atoms with Crippen molar-refractivity contribution in [3.63, 3.8) is 0 Å². The van der Waals surface area contributed by atoms with Crippen molar-refractivity contribution in [2.75, 3.05) is 17.7 Å². The number of carbonyl (C=O) groups is 1. The third-order valence-corrected chi connectivity index (χ3v) is 4.37. The first-order valence-electron chi connectivity index (χ1n) is 7.83. The van der Waals surface area contributed by atoms with Gasteiger partial charge in [-0.25, -0.2) is 4.98 Å². The third kappa shape index (κ3) is 4.16. The smallest absolute Gasteiger partial charge is 0.262 e. The van der Waals surface area contributed by atoms with Crippen LogP contribution in [0, 0.1) is 13.8 Å². The predicted octanol–water partition coefficient (Wildman–Crippen LogP) is 4.03. The first-order chi connectivity index (χ1) is 12.0. The van der Waals surface area contributed by atoms with Crippen LogP contribution in [0.15, 0.2) is 47.8 Å². The molecule has 0 saturated heterocycles. The van der Waals surface area contributed by atoms with Crippen molar-refractivity contribution in [2.45, 2.75) is 13.8 Å². The first-order valence-corrected chi connectivity index (χ1v) is 8.71. The molecule has 0 aliphatic carbocycles. The largest absolute Gasteiger partial charge is 0.483 e. The van der Waals surface area contributed by atoms with Crippen LogP contribution >= 0.6 is 11.3 Å². The number of rotatable bonds is 5. The van der Waals surface area contributed by atoms with Gasteiger partial charge in [0.15, 0.2) is 11.7 Å². The van der Waals surface area contributed by atoms with Gasteiger partial charge >= 0.3 is 0 Å². The van der Waals surface area contributed by atoms with Crippen LogP contribution in [0.25, 0.3) is 11.3 Å². The molecule has 0 spiro atoms. The normalized spacial score (nSPS) is 10.5. The number of hydrogen-bond donors (Lipinski definition) is 2. The fourth-order valence-corrected chi connectivity index (χ4v) is 3.06. The summed E-state index contributed by atoms with van der Waals surface area (Å²) in [5.74, 6) is 0.392. The number of aryl methyl sites for hydroxylation is 2. The number of anilines is 2. The van der Waals surface area contributed by atoms with E-state index in [1.807, 2.05) is 61.7 Å². The molecular weight excluding hydrogens is 334 g/mol. The lowest BCUT2D eigenvalue weighted by Crippen LogP contribution is -2.20. The van der Waals surface area contributed by atoms with Crippen LogP contribution in [0.5, 0.6) is 5.75 Å². The lowest BCUT2D eigenvalue weighted by atomic mass is 10.1. The molecule has 128 valence electrons. The first kappa shape index (κ1) is 17.0. The predicted molar refractivity (Wildman–Crippen MR) is 102 cm³/mol. The Morgan fingerprint density at radius 2 is 2.04 bits per heavy atom. The van der Waals surface area contributed by atoms with E-state index in [0.717, 1.165) is 28.1 Å². The zero-order valence-corrected chi connectivity index (χ0v) is 14.9. The fourth-order valence-electron chi connectivity index (χ4n) is 2.50. The number of amides is 1. The number of nitrogens with zero attached hydrogens (tertiary/aromatic N) is 1. The SMILES string of the molecule is Cc1ccc(NC(=O)COc2ccccc2-c2csc(N)n2)c(C)c1. The van der Waals surface area contributed by atoms with Gasteiger partial charge < -0.3 is 15.8 Å². The van der Waals surface area contributed by atoms with Gasteiger partial charge in [-0.15, -0.1) is 11.3 Å². The van der Waals surface area contributed by atoms with Crippen molar-refractivity contribution in [2.24, 2.45) is 0 Å². The quantitative estimate of drug-likeness (QED) is 0.726. The lowest BCUT2D eigenvalue weighted by Gasteiger charge is -2.12. The van der Waals surface area contributed by atoms with Gasteiger partial charge in [-0.05, 0) is 37.6 Å². The van der Waals surface area contributed by atoms with Crippen molar-refractivity contribution >= 4 is 28.1 Å². The summed E-state index contributed by atoms with van der Waals surface area (Å²) in [6, 6.07) is 13.4. The van der Waals surface area contributed by atoms with E-state index in [4.69, 9.17) is 10.5 Å². The van der Waals surface area contributed by atoms with Gasteiger partial charge in [0.25, 0.3) is 5.91 Å². The van der Waals surface area contributed by atoms with Crippen molar-refractivity contribution in [1.82, 2.24) is 4.98 Å². The Hall–Kier alpha value is -2.86. The second-order valence-electron chi connectivity index (χ2n) is 5.72. The molecule has 3 rings (SSSR count). The van der Waals surface area contributed by atoms with E-state index in [9.17, 15) is 4.79 Å². The van der Waals surface area contributed by atoms with E-state index in [1.54, 1.807) is 0 Å². The lowest BCUT2D eigenvalue weighted by molar-refractivity contribution is -0.118. The summed E-state index contributed by atoms with van der Waals surface area (Å²) in [5, 5.41) is 5.24. The minimum absolute atomic E-state index is 0.0794. The molecular formula is C19H19N3O2S. The zero-order valence-electron chi connectivity index (χ0n) is 14.1. The maximum Gasteiger partial charge on any atom is 0.262 e. The number of nitrogens with one attached hydrogen (secondary N) is 1. The van der Waals surface area contributed by atoms with Gasteiger partial charge in [-0.3, -0.25) is 4.79 Å². The summed E-state index contributed by atoms with van der Waals surface area (Å²) in [7, 11) is 0. The second-order valence-corrected chi connectivity index (χ2v) is 6.61. The van der Waals surface area contributed by atoms with Crippen LogP contribution in [0.1, 0.15) is 11.1 Å². The molecule has 0 fully saturated rings. The van der Waals surface area contributed by atoms with Crippen molar-refractivity contribution in [3.05, 3.63) is 59.0 Å². The Balaban J connectivity index is 1.68. The number of nitrogens with two attached hydrogens (primary N) is 1. The van der Waals surface area contributed by atoms with Crippen LogP contribution in [0.3, 0.4) is 0 Å². The maximum absolute atomic E-state index is 12.2. The molecule has 5 nitrogen and oxygen atoms in total. The van der Waals surface area contributed by atoms with Crippen molar-refractivity contribution in [3.8, 4) is 17.0 Å². The molecule has 2 aromatic carbocycles. The molecule has 0 bridgehead atoms. The maximum atomic E-state index is 12.2. The Kier molecular flexibility index (Phi) is 5.00. The monoisotopic (exact) mass is 353 g/mol. The minimum atomic E-state index is -0.209. The van der Waals surface area contributed by atoms with E-state index in [1.165, 1.54) is 11.3 Å². The average Bonchev–Trinajstić information content (AvgIpc) is 3.02. The number of benzene rings is 2. The van der Waals surface area contributed by atoms with E-state index in [-0.39, 0.29) is 12.5 Å². The molecule has 1 aromatic heterocycles. The molecule has 1 heterocycles. The van der Waals surface area contributed by atoms with Crippen LogP contribution in [-0.2, 0) is 4.79 Å². The van der Waals surface area contributed by atoms with E-state index >= 15 is 0 Å². The number of hydrogen-bond acceptors (Lipinski definition) is 5. The highest BCUT2D eigenvalue weighted by molar-refractivity contribution is 7.13. The number of para-hydroxylation sites is 1. The van der Waals surface area contributed by atoms with Gasteiger partial charge in [-0.2, -0.15) is 0 Å². The average molecular weight is 353 g/mol. The van der Waals surface area contributed by atoms with Crippen molar-refractivity contribution in [1.29, 1.82) is 0 Å². The molecule has 0 saturated carbocycles. The highest BCUT2D eigenvalue weighted by atomic mass is 32.1. The minimum Gasteiger partial charge on any atom is -0.483 e. The Labute approximate surface area is 150 Å². The highest BCUT2D eigenvalue weighted by Gasteiger charge is 2.11. The van der Waals surface area contributed by atoms with Crippen LogP contribution in [-0.4, -0.2) is 17.5 Å². The molecule has 1 amide bonds. The summed E-state index contributed by atoms with van der Waals surface area (Å²) < 4.78 is 5.71. The standard InChI is InChI=1S/C19H19N3O2S/c1-12-7-8-15(13(2)9-12)21-18(23)10-24-17-6-4-3-5-14(17)16-11-25-19(20)22-16/h3-9,11H,10H2,1-2H3,(H2,20,22)(H,21,23). The number of thiazole rings is 1. The molecule has 0 aliphatic rings. The van der Waals surface area contributed by atoms with Gasteiger partial charge in [0, 0.05) is 16.6 Å². The summed E-state index contributed by atoms with van der Waals surface area (Å²) in [6.45, 7) is 3.90. The zero-order chi connectivity index (χ0) is 17.8. The van der Waals surface area contributed by atoms with Gasteiger partial charge in [-0.1, -0.05) is 29.8 Å². The van der Waals surface area contributed by atoms with Crippen LogP contribution in [0.4, 0.5) is 10.8 Å². The summed E-state index contributed by atoms with van der Waals surface area (Å²) in [4.78, 5) is 16.5. The molecule has 0 atom stereocenters. The van der Waals surface area contributed by atoms with E-state index < -0.39 is 0 Å². The Morgan fingerprint density at radius 3 is 2.76 bits per heavy atom. The number of aromatic nitrogens is 1. The van der Waals surface area contributed by atoms with Gasteiger partial charge in [0.2, 0.25) is 0 Å². The van der Waals surface area contributed by atoms with Crippen molar-refractivity contribution < 1.29 is 9.53 Å². The van der Waals surface area contributed by atoms with E-state index in [2.05, 4.69) is 10.3 Å². The van der Waals surface area contributed by atoms with Gasteiger partial charge in [0.05, 0.1) is 5.69 Å². The molecule has 0 radical (unpaired) electrons. The molecule has 0 unspecified atom stereocenters. The Morgan fingerprint density at radius 1 is 1.24 bits per heavy atom.